The van der Waals surface area contributed by atoms with E-state index in [1.54, 1.807) is 0 Å². The van der Waals surface area contributed by atoms with E-state index in [1.807, 2.05) is 22.7 Å². The van der Waals surface area contributed by atoms with E-state index < -0.39 is 0 Å². The molecule has 504 valence electrons. The fourth-order valence-electron chi connectivity index (χ4n) is 17.2. The Hall–Kier alpha value is -13.6. The molecule has 17 aromatic carbocycles. The topological polar surface area (TPSA) is 19.7 Å². The summed E-state index contributed by atoms with van der Waals surface area (Å²) in [7, 11) is 0. The van der Waals surface area contributed by atoms with Crippen LogP contribution in [0.3, 0.4) is 0 Å². The highest BCUT2D eigenvalue weighted by Crippen LogP contribution is 2.45. The minimum absolute atomic E-state index is 1.16. The highest BCUT2D eigenvalue weighted by Gasteiger charge is 2.21. The van der Waals surface area contributed by atoms with Crippen molar-refractivity contribution in [3.8, 4) is 78.4 Å². The average molecular weight is 1410 g/mol. The first-order valence-electron chi connectivity index (χ1n) is 36.9. The number of aromatic nitrogens is 4. The summed E-state index contributed by atoms with van der Waals surface area (Å²) in [5.74, 6) is 0. The van der Waals surface area contributed by atoms with Crippen molar-refractivity contribution in [3.63, 3.8) is 0 Å². The summed E-state index contributed by atoms with van der Waals surface area (Å²) in [5, 5.41) is 15.3. The lowest BCUT2D eigenvalue weighted by Crippen LogP contribution is -1.94. The van der Waals surface area contributed by atoms with E-state index in [0.717, 1.165) is 11.4 Å². The quantitative estimate of drug-likeness (QED) is 0.137. The molecule has 6 heteroatoms. The molecule has 0 spiro atoms. The van der Waals surface area contributed by atoms with Crippen LogP contribution < -0.4 is 0 Å². The van der Waals surface area contributed by atoms with Crippen LogP contribution >= 0.6 is 22.7 Å². The molecule has 0 saturated carbocycles. The normalized spacial score (nSPS) is 11.9. The van der Waals surface area contributed by atoms with Gasteiger partial charge in [0.25, 0.3) is 0 Å². The summed E-state index contributed by atoms with van der Waals surface area (Å²) in [4.78, 5) is 0. The number of hydrogen-bond acceptors (Lipinski definition) is 2. The Bertz CT molecular complexity index is 7550. The van der Waals surface area contributed by atoms with Gasteiger partial charge >= 0.3 is 0 Å². The highest BCUT2D eigenvalue weighted by molar-refractivity contribution is 7.26. The van der Waals surface area contributed by atoms with Crippen molar-refractivity contribution in [2.75, 3.05) is 0 Å². The van der Waals surface area contributed by atoms with Crippen molar-refractivity contribution in [3.05, 3.63) is 388 Å². The van der Waals surface area contributed by atoms with E-state index in [2.05, 4.69) is 407 Å². The van der Waals surface area contributed by atoms with Gasteiger partial charge in [0.05, 0.1) is 44.1 Å². The second kappa shape index (κ2) is 25.0. The Morgan fingerprint density at radius 1 is 0.130 bits per heavy atom. The fourth-order valence-corrected chi connectivity index (χ4v) is 19.4. The number of para-hydroxylation sites is 4. The van der Waals surface area contributed by atoms with Crippen LogP contribution in [0, 0.1) is 0 Å². The third kappa shape index (κ3) is 10.1. The lowest BCUT2D eigenvalue weighted by atomic mass is 10.0. The van der Waals surface area contributed by atoms with Gasteiger partial charge in [-0.3, -0.25) is 0 Å². The summed E-state index contributed by atoms with van der Waals surface area (Å²) >= 11 is 3.73. The molecule has 0 saturated heterocycles. The number of hydrogen-bond donors (Lipinski definition) is 0. The zero-order valence-corrected chi connectivity index (χ0v) is 60.2. The van der Waals surface area contributed by atoms with Crippen molar-refractivity contribution in [1.82, 2.24) is 18.3 Å². The van der Waals surface area contributed by atoms with Crippen LogP contribution in [0.5, 0.6) is 0 Å². The van der Waals surface area contributed by atoms with Gasteiger partial charge in [0.2, 0.25) is 0 Å². The molecule has 0 bridgehead atoms. The van der Waals surface area contributed by atoms with Gasteiger partial charge in [-0.25, -0.2) is 0 Å². The Labute approximate surface area is 630 Å². The van der Waals surface area contributed by atoms with Crippen molar-refractivity contribution >= 4 is 150 Å². The van der Waals surface area contributed by atoms with E-state index in [4.69, 9.17) is 0 Å². The maximum atomic E-state index is 2.44. The van der Waals surface area contributed by atoms with Gasteiger partial charge in [-0.05, 0) is 207 Å². The Kier molecular flexibility index (Phi) is 14.3. The molecule has 0 amide bonds. The molecule has 0 aliphatic carbocycles. The number of fused-ring (bicyclic) bond motifs is 18. The summed E-state index contributed by atoms with van der Waals surface area (Å²) in [6.07, 6.45) is 0. The Morgan fingerprint density at radius 3 is 0.750 bits per heavy atom. The van der Waals surface area contributed by atoms with Gasteiger partial charge in [0.15, 0.2) is 0 Å². The van der Waals surface area contributed by atoms with Crippen molar-refractivity contribution in [2.24, 2.45) is 0 Å². The molecule has 108 heavy (non-hydrogen) atoms. The van der Waals surface area contributed by atoms with Crippen LogP contribution in [0.15, 0.2) is 388 Å². The molecule has 23 aromatic rings. The second-order valence-electron chi connectivity index (χ2n) is 28.3. The van der Waals surface area contributed by atoms with Gasteiger partial charge < -0.3 is 18.3 Å². The molecule has 23 rings (SSSR count). The molecule has 0 radical (unpaired) electrons. The molecule has 0 unspecified atom stereocenters. The monoisotopic (exact) mass is 1410 g/mol. The molecule has 0 atom stereocenters. The zero-order chi connectivity index (χ0) is 70.9. The highest BCUT2D eigenvalue weighted by atomic mass is 32.1. The van der Waals surface area contributed by atoms with E-state index in [-0.39, 0.29) is 0 Å². The minimum Gasteiger partial charge on any atom is -0.309 e. The number of benzene rings is 17. The summed E-state index contributed by atoms with van der Waals surface area (Å²) in [6, 6.07) is 142. The molecule has 6 aromatic heterocycles. The van der Waals surface area contributed by atoms with Crippen LogP contribution in [-0.4, -0.2) is 18.3 Å². The summed E-state index contributed by atoms with van der Waals surface area (Å²) in [6.45, 7) is 0. The van der Waals surface area contributed by atoms with E-state index >= 15 is 0 Å². The maximum absolute atomic E-state index is 2.44. The number of thiophene rings is 2. The van der Waals surface area contributed by atoms with Crippen molar-refractivity contribution < 1.29 is 0 Å². The number of rotatable bonds is 9. The molecule has 4 nitrogen and oxygen atoms in total. The first kappa shape index (κ1) is 61.8. The third-order valence-corrected chi connectivity index (χ3v) is 24.5. The summed E-state index contributed by atoms with van der Waals surface area (Å²) in [5.41, 5.74) is 26.6. The first-order chi connectivity index (χ1) is 53.5. The fraction of sp³-hybridized carbons (Fsp3) is 0. The molecular formula is C102H64N4S2. The zero-order valence-electron chi connectivity index (χ0n) is 58.6. The molecule has 0 N–H and O–H groups in total. The van der Waals surface area contributed by atoms with E-state index in [0.29, 0.717) is 0 Å². The average Bonchev–Trinajstić information content (AvgIpc) is 1.59. The Morgan fingerprint density at radius 2 is 0.370 bits per heavy atom. The van der Waals surface area contributed by atoms with Crippen LogP contribution in [-0.2, 0) is 0 Å². The predicted molar refractivity (Wildman–Crippen MR) is 463 cm³/mol. The van der Waals surface area contributed by atoms with Crippen LogP contribution in [0.1, 0.15) is 0 Å². The van der Waals surface area contributed by atoms with Crippen LogP contribution in [0.4, 0.5) is 0 Å². The predicted octanol–water partition coefficient (Wildman–Crippen LogP) is 28.8. The third-order valence-electron chi connectivity index (χ3n) is 22.2. The molecule has 0 aliphatic heterocycles. The molecular weight excluding hydrogens is 1350 g/mol. The number of nitrogens with zero attached hydrogens (tertiary/aromatic N) is 4. The van der Waals surface area contributed by atoms with Crippen molar-refractivity contribution in [2.45, 2.75) is 0 Å². The van der Waals surface area contributed by atoms with Crippen LogP contribution in [0.2, 0.25) is 0 Å². The standard InChI is InChI=1S/C54H34N2S.C48H30N2S/c1-3-12-35(13-4-1)37-16-11-17-41(30-37)55-49-20-9-7-18-43(49)45-31-39(22-26-51(45)55)40-23-27-52-46(32-40)44-19-8-10-21-50(44)56(52)42-25-29-54-48(34-42)47-33-38(24-28-53(47)57-54)36-14-5-2-6-15-36;1-2-11-31(12-3-1)32-13-10-14-35(27-32)49-43-18-7-4-15-37(43)40-28-33(21-24-45(40)49)34-22-25-46-41(29-34)38-16-5-8-19-44(38)50(46)36-23-26-48-42(30-36)39-17-6-9-20-47(39)51-48/h1-34H;1-30H. The van der Waals surface area contributed by atoms with Crippen molar-refractivity contribution in [1.29, 1.82) is 0 Å². The molecule has 6 heterocycles. The van der Waals surface area contributed by atoms with Crippen LogP contribution in [0.25, 0.3) is 206 Å². The van der Waals surface area contributed by atoms with E-state index in [1.165, 1.54) is 195 Å². The smallest absolute Gasteiger partial charge is 0.0541 e. The first-order valence-corrected chi connectivity index (χ1v) is 38.6. The van der Waals surface area contributed by atoms with E-state index in [9.17, 15) is 0 Å². The van der Waals surface area contributed by atoms with Gasteiger partial charge in [0.1, 0.15) is 0 Å². The van der Waals surface area contributed by atoms with Gasteiger partial charge in [-0.2, -0.15) is 0 Å². The second-order valence-corrected chi connectivity index (χ2v) is 30.5. The molecule has 0 aliphatic rings. The Balaban J connectivity index is 0.000000135. The van der Waals surface area contributed by atoms with Gasteiger partial charge in [-0.1, -0.05) is 237 Å². The largest absolute Gasteiger partial charge is 0.309 e. The minimum atomic E-state index is 1.16. The van der Waals surface area contributed by atoms with Gasteiger partial charge in [0, 0.05) is 106 Å². The maximum Gasteiger partial charge on any atom is 0.0541 e. The molecule has 0 fully saturated rings. The lowest BCUT2D eigenvalue weighted by molar-refractivity contribution is 1.18. The SMILES string of the molecule is c1ccc(-c2cccc(-n3c4ccccc4c4cc(-c5ccc6c(c5)c5ccccc5n6-c5ccc6sc7ccc(-c8ccccc8)cc7c6c5)ccc43)c2)cc1.c1ccc(-c2cccc(-n3c4ccccc4c4cc(-c5ccc6c(c5)c5ccccc5n6-c5ccc6sc7ccccc7c6c5)ccc43)c2)cc1. The lowest BCUT2D eigenvalue weighted by Gasteiger charge is -2.11. The van der Waals surface area contributed by atoms with Gasteiger partial charge in [-0.15, -0.1) is 22.7 Å². The summed E-state index contributed by atoms with van der Waals surface area (Å²) < 4.78 is 15.0.